The number of anilines is 3. The smallest absolute Gasteiger partial charge is 0.136 e. The molecule has 0 N–H and O–H groups in total. The van der Waals surface area contributed by atoms with Gasteiger partial charge in [0.25, 0.3) is 0 Å². The maximum atomic E-state index is 6.33. The number of para-hydroxylation sites is 3. The molecule has 0 aliphatic carbocycles. The third-order valence-electron chi connectivity index (χ3n) is 13.6. The Morgan fingerprint density at radius 2 is 0.739 bits per heavy atom. The normalized spacial score (nSPS) is 11.5. The van der Waals surface area contributed by atoms with Gasteiger partial charge in [0.1, 0.15) is 11.2 Å². The number of benzene rings is 11. The van der Waals surface area contributed by atoms with Crippen LogP contribution in [-0.2, 0) is 0 Å². The molecule has 0 amide bonds. The van der Waals surface area contributed by atoms with Crippen LogP contribution in [0.1, 0.15) is 0 Å². The lowest BCUT2D eigenvalue weighted by Crippen LogP contribution is -2.10. The minimum Gasteiger partial charge on any atom is -0.456 e. The van der Waals surface area contributed by atoms with Crippen molar-refractivity contribution in [2.24, 2.45) is 0 Å². The van der Waals surface area contributed by atoms with E-state index in [-0.39, 0.29) is 0 Å². The van der Waals surface area contributed by atoms with E-state index >= 15 is 0 Å². The number of nitrogens with zero attached hydrogens (tertiary/aromatic N) is 2. The van der Waals surface area contributed by atoms with Gasteiger partial charge in [-0.1, -0.05) is 188 Å². The molecule has 0 saturated carbocycles. The molecule has 3 nitrogen and oxygen atoms in total. The lowest BCUT2D eigenvalue weighted by molar-refractivity contribution is 0.669. The van der Waals surface area contributed by atoms with Crippen molar-refractivity contribution in [3.05, 3.63) is 267 Å². The van der Waals surface area contributed by atoms with Gasteiger partial charge in [-0.2, -0.15) is 0 Å². The van der Waals surface area contributed by atoms with Crippen molar-refractivity contribution in [2.75, 3.05) is 4.90 Å². The number of fused-ring (bicyclic) bond motifs is 6. The van der Waals surface area contributed by atoms with E-state index in [0.29, 0.717) is 0 Å². The van der Waals surface area contributed by atoms with Gasteiger partial charge >= 0.3 is 0 Å². The van der Waals surface area contributed by atoms with Gasteiger partial charge in [-0.3, -0.25) is 0 Å². The molecule has 0 fully saturated rings. The van der Waals surface area contributed by atoms with Crippen molar-refractivity contribution >= 4 is 60.8 Å². The van der Waals surface area contributed by atoms with Gasteiger partial charge in [-0.05, 0) is 134 Å². The second-order valence-corrected chi connectivity index (χ2v) is 17.7. The highest BCUT2D eigenvalue weighted by Crippen LogP contribution is 2.42. The molecule has 2 heterocycles. The van der Waals surface area contributed by atoms with Gasteiger partial charge in [0.2, 0.25) is 0 Å². The molecule has 0 atom stereocenters. The van der Waals surface area contributed by atoms with E-state index in [2.05, 4.69) is 264 Å². The van der Waals surface area contributed by atoms with Gasteiger partial charge in [0, 0.05) is 44.3 Å². The molecule has 2 aromatic heterocycles. The summed E-state index contributed by atoms with van der Waals surface area (Å²) < 4.78 is 8.70. The van der Waals surface area contributed by atoms with Gasteiger partial charge in [-0.15, -0.1) is 0 Å². The summed E-state index contributed by atoms with van der Waals surface area (Å²) in [6.07, 6.45) is 0. The number of furan rings is 1. The lowest BCUT2D eigenvalue weighted by Gasteiger charge is -2.26. The topological polar surface area (TPSA) is 21.3 Å². The Morgan fingerprint density at radius 3 is 1.41 bits per heavy atom. The highest BCUT2D eigenvalue weighted by Gasteiger charge is 2.18. The summed E-state index contributed by atoms with van der Waals surface area (Å²) in [7, 11) is 0. The van der Waals surface area contributed by atoms with Crippen LogP contribution in [0.15, 0.2) is 271 Å². The van der Waals surface area contributed by atoms with Gasteiger partial charge in [0.05, 0.1) is 11.0 Å². The van der Waals surface area contributed by atoms with Crippen LogP contribution in [0, 0.1) is 0 Å². The number of hydrogen-bond acceptors (Lipinski definition) is 2. The summed E-state index contributed by atoms with van der Waals surface area (Å²) in [5.74, 6) is 0. The van der Waals surface area contributed by atoms with Crippen molar-refractivity contribution in [1.82, 2.24) is 4.57 Å². The molecule has 69 heavy (non-hydrogen) atoms. The first-order chi connectivity index (χ1) is 34.2. The monoisotopic (exact) mass is 880 g/mol. The third kappa shape index (κ3) is 7.16. The molecule has 0 radical (unpaired) electrons. The first-order valence-corrected chi connectivity index (χ1v) is 23.6. The second-order valence-electron chi connectivity index (χ2n) is 17.7. The SMILES string of the molecule is c1ccc(-c2ccccc2-c2ccc(N(c3ccc(-c4cccc(-c5ccc(-n6c7ccccc7c7ccccc76)cc5)c4)cc3)c3cccc(-c4cccc5oc6ccccc6c45)c3)cc2)cc1. The predicted octanol–water partition coefficient (Wildman–Crippen LogP) is 18.5. The summed E-state index contributed by atoms with van der Waals surface area (Å²) in [5, 5.41) is 4.78. The number of hydrogen-bond donors (Lipinski definition) is 0. The highest BCUT2D eigenvalue weighted by molar-refractivity contribution is 6.13. The van der Waals surface area contributed by atoms with Crippen LogP contribution in [0.25, 0.3) is 105 Å². The Kier molecular flexibility index (Phi) is 9.84. The van der Waals surface area contributed by atoms with Crippen LogP contribution in [-0.4, -0.2) is 4.57 Å². The molecule has 13 aromatic rings. The first kappa shape index (κ1) is 40.1. The van der Waals surface area contributed by atoms with Crippen molar-refractivity contribution in [3.8, 4) is 61.3 Å². The Balaban J connectivity index is 0.862. The van der Waals surface area contributed by atoms with Crippen LogP contribution in [0.4, 0.5) is 17.1 Å². The summed E-state index contributed by atoms with van der Waals surface area (Å²) in [4.78, 5) is 2.36. The molecule has 0 saturated heterocycles. The van der Waals surface area contributed by atoms with Crippen LogP contribution >= 0.6 is 0 Å². The Labute approximate surface area is 401 Å². The fourth-order valence-electron chi connectivity index (χ4n) is 10.4. The van der Waals surface area contributed by atoms with Crippen LogP contribution < -0.4 is 4.90 Å². The zero-order valence-electron chi connectivity index (χ0n) is 37.7. The fraction of sp³-hybridized carbons (Fsp3) is 0. The van der Waals surface area contributed by atoms with Crippen molar-refractivity contribution in [3.63, 3.8) is 0 Å². The molecule has 0 spiro atoms. The molecule has 3 heteroatoms. The third-order valence-corrected chi connectivity index (χ3v) is 13.6. The van der Waals surface area contributed by atoms with E-state index in [4.69, 9.17) is 4.42 Å². The van der Waals surface area contributed by atoms with Gasteiger partial charge < -0.3 is 13.9 Å². The molecule has 0 aliphatic heterocycles. The van der Waals surface area contributed by atoms with E-state index < -0.39 is 0 Å². The molecule has 0 unspecified atom stereocenters. The average molecular weight is 881 g/mol. The molecular weight excluding hydrogens is 837 g/mol. The maximum absolute atomic E-state index is 6.33. The highest BCUT2D eigenvalue weighted by atomic mass is 16.3. The Bertz CT molecular complexity index is 3940. The van der Waals surface area contributed by atoms with Gasteiger partial charge in [-0.25, -0.2) is 0 Å². The van der Waals surface area contributed by atoms with E-state index in [1.165, 1.54) is 60.8 Å². The quantitative estimate of drug-likeness (QED) is 0.144. The van der Waals surface area contributed by atoms with Crippen molar-refractivity contribution in [2.45, 2.75) is 0 Å². The Morgan fingerprint density at radius 1 is 0.275 bits per heavy atom. The summed E-state index contributed by atoms with van der Waals surface area (Å²) in [6, 6.07) is 96.0. The van der Waals surface area contributed by atoms with Crippen LogP contribution in [0.5, 0.6) is 0 Å². The second kappa shape index (κ2) is 16.9. The summed E-state index contributed by atoms with van der Waals surface area (Å²) in [6.45, 7) is 0. The standard InChI is InChI=1S/C66H44N2O/c1-2-15-47(16-3-1)56-21-4-5-22-57(56)48-35-41-53(42-36-48)67(55-20-13-19-51(44-55)58-26-14-30-65-66(58)61-25-8-11-29-64(61)69-65)52-37-31-45(32-38-52)49-17-12-18-50(43-49)46-33-39-54(40-34-46)68-62-27-9-6-23-59(62)60-24-7-10-28-63(60)68/h1-44H. The van der Waals surface area contributed by atoms with E-state index in [0.717, 1.165) is 61.4 Å². The van der Waals surface area contributed by atoms with Gasteiger partial charge in [0.15, 0.2) is 0 Å². The van der Waals surface area contributed by atoms with Crippen molar-refractivity contribution in [1.29, 1.82) is 0 Å². The van der Waals surface area contributed by atoms with Crippen LogP contribution in [0.2, 0.25) is 0 Å². The molecule has 11 aromatic carbocycles. The molecule has 0 bridgehead atoms. The lowest BCUT2D eigenvalue weighted by atomic mass is 9.94. The minimum atomic E-state index is 0.887. The van der Waals surface area contributed by atoms with E-state index in [1.807, 2.05) is 12.1 Å². The largest absolute Gasteiger partial charge is 0.456 e. The van der Waals surface area contributed by atoms with E-state index in [1.54, 1.807) is 0 Å². The summed E-state index contributed by atoms with van der Waals surface area (Å²) in [5.41, 5.74) is 20.3. The number of aromatic nitrogens is 1. The van der Waals surface area contributed by atoms with Crippen molar-refractivity contribution < 1.29 is 4.42 Å². The average Bonchev–Trinajstić information content (AvgIpc) is 3.98. The number of rotatable bonds is 9. The minimum absolute atomic E-state index is 0.887. The predicted molar refractivity (Wildman–Crippen MR) is 290 cm³/mol. The fourth-order valence-corrected chi connectivity index (χ4v) is 10.4. The molecule has 324 valence electrons. The molecule has 0 aliphatic rings. The maximum Gasteiger partial charge on any atom is 0.136 e. The summed E-state index contributed by atoms with van der Waals surface area (Å²) >= 11 is 0. The Hall–Kier alpha value is -9.18. The van der Waals surface area contributed by atoms with E-state index in [9.17, 15) is 0 Å². The van der Waals surface area contributed by atoms with Crippen LogP contribution in [0.3, 0.4) is 0 Å². The molecular formula is C66H44N2O. The molecule has 13 rings (SSSR count). The zero-order valence-corrected chi connectivity index (χ0v) is 37.7. The first-order valence-electron chi connectivity index (χ1n) is 23.6. The zero-order chi connectivity index (χ0) is 45.7.